The maximum Gasteiger partial charge on any atom is 0.238 e. The number of nitrogens with two attached hydrogens (primary N) is 1. The van der Waals surface area contributed by atoms with Gasteiger partial charge in [0.25, 0.3) is 0 Å². The van der Waals surface area contributed by atoms with E-state index in [9.17, 15) is 13.2 Å². The number of primary sulfonamides is 1. The van der Waals surface area contributed by atoms with Crippen molar-refractivity contribution in [3.63, 3.8) is 0 Å². The molecule has 0 bridgehead atoms. The number of amides is 1. The van der Waals surface area contributed by atoms with Gasteiger partial charge in [0.2, 0.25) is 15.9 Å². The Labute approximate surface area is 276 Å². The van der Waals surface area contributed by atoms with Gasteiger partial charge in [-0.05, 0) is 65.9 Å². The summed E-state index contributed by atoms with van der Waals surface area (Å²) in [5, 5.41) is 17.1. The predicted molar refractivity (Wildman–Crippen MR) is 185 cm³/mol. The molecule has 4 aromatic rings. The zero-order chi connectivity index (χ0) is 32.7. The van der Waals surface area contributed by atoms with Crippen LogP contribution >= 0.6 is 12.2 Å². The van der Waals surface area contributed by atoms with Gasteiger partial charge in [-0.1, -0.05) is 92.1 Å². The highest BCUT2D eigenvalue weighted by Crippen LogP contribution is 2.28. The average molecular weight is 655 g/mol. The van der Waals surface area contributed by atoms with Gasteiger partial charge in [-0.2, -0.15) is 0 Å². The lowest BCUT2D eigenvalue weighted by molar-refractivity contribution is -0.134. The average Bonchev–Trinajstić information content (AvgIpc) is 3.07. The van der Waals surface area contributed by atoms with E-state index in [4.69, 9.17) is 27.5 Å². The third kappa shape index (κ3) is 8.25. The summed E-state index contributed by atoms with van der Waals surface area (Å²) in [5.41, 5.74) is 4.48. The Hall–Kier alpha value is -4.38. The predicted octanol–water partition coefficient (Wildman–Crippen LogP) is 6.20. The molecule has 0 aliphatic heterocycles. The summed E-state index contributed by atoms with van der Waals surface area (Å²) in [7, 11) is -2.28. The highest BCUT2D eigenvalue weighted by Gasteiger charge is 2.26. The minimum atomic E-state index is -3.88. The Morgan fingerprint density at radius 2 is 1.61 bits per heavy atom. The molecule has 0 saturated heterocycles. The molecule has 238 valence electrons. The van der Waals surface area contributed by atoms with Crippen LogP contribution in [0.5, 0.6) is 5.75 Å². The summed E-state index contributed by atoms with van der Waals surface area (Å²) in [6, 6.07) is 29.2. The van der Waals surface area contributed by atoms with Crippen LogP contribution in [0.2, 0.25) is 0 Å². The monoisotopic (exact) mass is 654 g/mol. The van der Waals surface area contributed by atoms with E-state index in [1.54, 1.807) is 25.3 Å². The number of nitrogens with one attached hydrogen (secondary N) is 2. The zero-order valence-electron chi connectivity index (χ0n) is 25.7. The Morgan fingerprint density at radius 1 is 0.913 bits per heavy atom. The van der Waals surface area contributed by atoms with Crippen LogP contribution in [-0.4, -0.2) is 43.2 Å². The fourth-order valence-electron chi connectivity index (χ4n) is 5.87. The van der Waals surface area contributed by atoms with Crippen molar-refractivity contribution in [1.82, 2.24) is 10.2 Å². The van der Waals surface area contributed by atoms with Gasteiger partial charge in [0, 0.05) is 29.3 Å². The third-order valence-corrected chi connectivity index (χ3v) is 9.62. The minimum absolute atomic E-state index is 0.0314. The van der Waals surface area contributed by atoms with Gasteiger partial charge in [0.15, 0.2) is 0 Å². The third-order valence-electron chi connectivity index (χ3n) is 8.31. The van der Waals surface area contributed by atoms with Crippen LogP contribution in [0.3, 0.4) is 0 Å². The Morgan fingerprint density at radius 3 is 2.28 bits per heavy atom. The summed E-state index contributed by atoms with van der Waals surface area (Å²) in [5.74, 6) is 0.945. The molecule has 4 N–H and O–H groups in total. The summed E-state index contributed by atoms with van der Waals surface area (Å²) >= 11 is 5.54. The first-order chi connectivity index (χ1) is 22.1. The quantitative estimate of drug-likeness (QED) is 0.106. The first kappa shape index (κ1) is 33.0. The van der Waals surface area contributed by atoms with Gasteiger partial charge in [-0.15, -0.1) is 0 Å². The molecule has 0 unspecified atom stereocenters. The molecule has 4 aromatic carbocycles. The van der Waals surface area contributed by atoms with Crippen molar-refractivity contribution >= 4 is 39.0 Å². The number of hydrogen-bond donors (Lipinski definition) is 3. The van der Waals surface area contributed by atoms with Crippen molar-refractivity contribution in [3.05, 3.63) is 119 Å². The number of carbonyl (C=O) groups excluding carboxylic acids is 1. The standard InChI is InChI=1S/C36H38N4O4S2/c1-44-31-20-18-28(19-21-31)36(45)39-35(37)29-9-7-8-26(22-29)24-40(30-10-3-2-4-11-30)34(41)23-25-14-16-27(17-15-25)32-12-5-6-13-33(32)46(38,42)43/h5-9,12-22,30H,2-4,10-11,23-24H2,1H3,(H2,37,39,45)(H2,38,42,43). The number of rotatable bonds is 10. The fraction of sp³-hybridized carbons (Fsp3) is 0.250. The number of benzene rings is 4. The molecule has 1 amide bonds. The van der Waals surface area contributed by atoms with Crippen molar-refractivity contribution < 1.29 is 17.9 Å². The molecule has 1 aliphatic carbocycles. The van der Waals surface area contributed by atoms with E-state index >= 15 is 0 Å². The first-order valence-corrected chi connectivity index (χ1v) is 17.2. The van der Waals surface area contributed by atoms with Crippen molar-refractivity contribution in [2.24, 2.45) is 5.14 Å². The number of ether oxygens (including phenoxy) is 1. The molecule has 5 rings (SSSR count). The molecule has 46 heavy (non-hydrogen) atoms. The highest BCUT2D eigenvalue weighted by atomic mass is 32.2. The molecular weight excluding hydrogens is 617 g/mol. The fourth-order valence-corrected chi connectivity index (χ4v) is 6.87. The summed E-state index contributed by atoms with van der Waals surface area (Å²) in [6.45, 7) is 0.438. The van der Waals surface area contributed by atoms with Crippen LogP contribution < -0.4 is 15.2 Å². The lowest BCUT2D eigenvalue weighted by Gasteiger charge is -2.35. The molecule has 8 nitrogen and oxygen atoms in total. The summed E-state index contributed by atoms with van der Waals surface area (Å²) in [6.07, 6.45) is 5.49. The number of methoxy groups -OCH3 is 1. The number of nitrogens with zero attached hydrogens (tertiary/aromatic N) is 1. The topological polar surface area (TPSA) is 126 Å². The highest BCUT2D eigenvalue weighted by molar-refractivity contribution is 7.89. The normalized spacial score (nSPS) is 13.5. The number of carbonyl (C=O) groups is 1. The second-order valence-electron chi connectivity index (χ2n) is 11.5. The second kappa shape index (κ2) is 14.8. The number of amidine groups is 1. The van der Waals surface area contributed by atoms with Gasteiger partial charge in [-0.25, -0.2) is 13.6 Å². The van der Waals surface area contributed by atoms with E-state index in [0.29, 0.717) is 28.2 Å². The van der Waals surface area contributed by atoms with Crippen LogP contribution in [0.15, 0.2) is 102 Å². The van der Waals surface area contributed by atoms with E-state index in [-0.39, 0.29) is 29.1 Å². The van der Waals surface area contributed by atoms with Gasteiger partial charge < -0.3 is 15.0 Å². The van der Waals surface area contributed by atoms with Crippen LogP contribution in [0, 0.1) is 5.41 Å². The van der Waals surface area contributed by atoms with Crippen LogP contribution in [0.4, 0.5) is 0 Å². The molecule has 1 aliphatic rings. The number of sulfonamides is 1. The maximum absolute atomic E-state index is 13.9. The Balaban J connectivity index is 1.30. The molecule has 1 saturated carbocycles. The number of hydrogen-bond acceptors (Lipinski definition) is 6. The van der Waals surface area contributed by atoms with E-state index in [1.807, 2.05) is 77.7 Å². The summed E-state index contributed by atoms with van der Waals surface area (Å²) in [4.78, 5) is 16.4. The lowest BCUT2D eigenvalue weighted by atomic mass is 9.93. The second-order valence-corrected chi connectivity index (χ2v) is 13.4. The Kier molecular flexibility index (Phi) is 10.6. The van der Waals surface area contributed by atoms with Crippen molar-refractivity contribution in [2.75, 3.05) is 7.11 Å². The molecule has 0 heterocycles. The maximum atomic E-state index is 13.9. The molecular formula is C36H38N4O4S2. The first-order valence-electron chi connectivity index (χ1n) is 15.3. The van der Waals surface area contributed by atoms with E-state index in [2.05, 4.69) is 5.32 Å². The molecule has 0 spiro atoms. The molecule has 0 radical (unpaired) electrons. The van der Waals surface area contributed by atoms with Crippen LogP contribution in [0.1, 0.15) is 54.4 Å². The summed E-state index contributed by atoms with van der Waals surface area (Å²) < 4.78 is 29.4. The van der Waals surface area contributed by atoms with Crippen molar-refractivity contribution in [1.29, 1.82) is 5.41 Å². The van der Waals surface area contributed by atoms with Gasteiger partial charge in [0.05, 0.1) is 18.4 Å². The molecule has 0 aromatic heterocycles. The Bertz CT molecular complexity index is 1820. The minimum Gasteiger partial charge on any atom is -0.497 e. The SMILES string of the molecule is COc1ccc(C(=S)NC(=N)c2cccc(CN(C(=O)Cc3ccc(-c4ccccc4S(N)(=O)=O)cc3)C3CCCCC3)c2)cc1. The van der Waals surface area contributed by atoms with Gasteiger partial charge >= 0.3 is 0 Å². The van der Waals surface area contributed by atoms with E-state index in [0.717, 1.165) is 48.1 Å². The largest absolute Gasteiger partial charge is 0.497 e. The lowest BCUT2D eigenvalue weighted by Crippen LogP contribution is -2.41. The smallest absolute Gasteiger partial charge is 0.238 e. The van der Waals surface area contributed by atoms with Gasteiger partial charge in [-0.3, -0.25) is 10.2 Å². The van der Waals surface area contributed by atoms with E-state index < -0.39 is 10.0 Å². The van der Waals surface area contributed by atoms with Crippen LogP contribution in [0.25, 0.3) is 11.1 Å². The molecule has 1 fully saturated rings. The van der Waals surface area contributed by atoms with E-state index in [1.165, 1.54) is 12.5 Å². The van der Waals surface area contributed by atoms with Crippen molar-refractivity contribution in [2.45, 2.75) is 56.0 Å². The van der Waals surface area contributed by atoms with Crippen molar-refractivity contribution in [3.8, 4) is 16.9 Å². The molecule has 10 heteroatoms. The van der Waals surface area contributed by atoms with Crippen LogP contribution in [-0.2, 0) is 27.8 Å². The number of thiocarbonyl (C=S) groups is 1. The zero-order valence-corrected chi connectivity index (χ0v) is 27.4. The molecule has 0 atom stereocenters. The van der Waals surface area contributed by atoms with Gasteiger partial charge in [0.1, 0.15) is 16.6 Å².